The van der Waals surface area contributed by atoms with Crippen molar-refractivity contribution in [3.05, 3.63) is 61.3 Å². The third-order valence-electron chi connectivity index (χ3n) is 2.63. The molecule has 2 rings (SSSR count). The molecule has 100 valence electrons. The zero-order valence-electron chi connectivity index (χ0n) is 10.4. The van der Waals surface area contributed by atoms with Gasteiger partial charge in [0.25, 0.3) is 5.69 Å². The van der Waals surface area contributed by atoms with Gasteiger partial charge in [-0.2, -0.15) is 0 Å². The SMILES string of the molecule is CN(Cc1cccc([N+](=O)[O-])c1)Cc1ccc(Cl)s1. The van der Waals surface area contributed by atoms with Gasteiger partial charge in [-0.25, -0.2) is 0 Å². The van der Waals surface area contributed by atoms with Gasteiger partial charge in [0.05, 0.1) is 9.26 Å². The highest BCUT2D eigenvalue weighted by Crippen LogP contribution is 2.23. The van der Waals surface area contributed by atoms with Gasteiger partial charge >= 0.3 is 0 Å². The summed E-state index contributed by atoms with van der Waals surface area (Å²) in [5.74, 6) is 0. The Bertz CT molecular complexity index is 586. The molecule has 0 N–H and O–H groups in total. The molecular weight excluding hydrogens is 284 g/mol. The summed E-state index contributed by atoms with van der Waals surface area (Å²) in [5.41, 5.74) is 1.06. The highest BCUT2D eigenvalue weighted by Gasteiger charge is 2.08. The van der Waals surface area contributed by atoms with Gasteiger partial charge in [0.15, 0.2) is 0 Å². The number of rotatable bonds is 5. The fourth-order valence-corrected chi connectivity index (χ4v) is 3.01. The molecule has 0 bridgehead atoms. The van der Waals surface area contributed by atoms with E-state index in [9.17, 15) is 10.1 Å². The molecule has 1 aromatic heterocycles. The topological polar surface area (TPSA) is 46.4 Å². The monoisotopic (exact) mass is 296 g/mol. The predicted octanol–water partition coefficient (Wildman–Crippen LogP) is 3.94. The number of nitro groups is 1. The second kappa shape index (κ2) is 6.14. The van der Waals surface area contributed by atoms with E-state index in [0.29, 0.717) is 6.54 Å². The number of halogens is 1. The Hall–Kier alpha value is -1.43. The molecular formula is C13H13ClN2O2S. The molecule has 1 aromatic carbocycles. The van der Waals surface area contributed by atoms with Crippen LogP contribution in [0.25, 0.3) is 0 Å². The summed E-state index contributed by atoms with van der Waals surface area (Å²) in [4.78, 5) is 13.6. The number of nitro benzene ring substituents is 1. The average molecular weight is 297 g/mol. The van der Waals surface area contributed by atoms with Crippen LogP contribution in [-0.4, -0.2) is 16.9 Å². The van der Waals surface area contributed by atoms with E-state index in [1.165, 1.54) is 10.9 Å². The van der Waals surface area contributed by atoms with E-state index in [1.54, 1.807) is 23.5 Å². The molecule has 1 heterocycles. The van der Waals surface area contributed by atoms with Crippen molar-refractivity contribution in [1.29, 1.82) is 0 Å². The fourth-order valence-electron chi connectivity index (χ4n) is 1.84. The normalized spacial score (nSPS) is 10.9. The lowest BCUT2D eigenvalue weighted by molar-refractivity contribution is -0.384. The molecule has 0 spiro atoms. The number of benzene rings is 1. The van der Waals surface area contributed by atoms with Gasteiger partial charge in [-0.3, -0.25) is 15.0 Å². The van der Waals surface area contributed by atoms with Crippen molar-refractivity contribution in [1.82, 2.24) is 4.90 Å². The zero-order chi connectivity index (χ0) is 13.8. The molecule has 19 heavy (non-hydrogen) atoms. The highest BCUT2D eigenvalue weighted by molar-refractivity contribution is 7.16. The summed E-state index contributed by atoms with van der Waals surface area (Å²) in [6.45, 7) is 1.44. The van der Waals surface area contributed by atoms with Crippen molar-refractivity contribution in [3.8, 4) is 0 Å². The minimum atomic E-state index is -0.372. The third kappa shape index (κ3) is 4.02. The van der Waals surface area contributed by atoms with Crippen LogP contribution in [-0.2, 0) is 13.1 Å². The van der Waals surface area contributed by atoms with Crippen LogP contribution in [0.2, 0.25) is 4.34 Å². The Morgan fingerprint density at radius 1 is 1.32 bits per heavy atom. The molecule has 0 atom stereocenters. The first-order valence-electron chi connectivity index (χ1n) is 5.70. The molecule has 0 aliphatic heterocycles. The van der Waals surface area contributed by atoms with Gasteiger partial charge in [0.1, 0.15) is 0 Å². The minimum Gasteiger partial charge on any atom is -0.297 e. The van der Waals surface area contributed by atoms with Crippen molar-refractivity contribution >= 4 is 28.6 Å². The summed E-state index contributed by atoms with van der Waals surface area (Å²) in [7, 11) is 1.98. The summed E-state index contributed by atoms with van der Waals surface area (Å²) in [6.07, 6.45) is 0. The van der Waals surface area contributed by atoms with Crippen LogP contribution in [0.1, 0.15) is 10.4 Å². The summed E-state index contributed by atoms with van der Waals surface area (Å²) >= 11 is 7.43. The van der Waals surface area contributed by atoms with Crippen LogP contribution in [0.15, 0.2) is 36.4 Å². The van der Waals surface area contributed by atoms with E-state index in [1.807, 2.05) is 25.2 Å². The van der Waals surface area contributed by atoms with Crippen molar-refractivity contribution < 1.29 is 4.92 Å². The highest BCUT2D eigenvalue weighted by atomic mass is 35.5. The van der Waals surface area contributed by atoms with Crippen LogP contribution < -0.4 is 0 Å². The van der Waals surface area contributed by atoms with Crippen molar-refractivity contribution in [2.75, 3.05) is 7.05 Å². The standard InChI is InChI=1S/C13H13ClN2O2S/c1-15(9-12-5-6-13(14)19-12)8-10-3-2-4-11(7-10)16(17)18/h2-7H,8-9H2,1H3. The van der Waals surface area contributed by atoms with Crippen molar-refractivity contribution in [2.24, 2.45) is 0 Å². The molecule has 0 aliphatic carbocycles. The van der Waals surface area contributed by atoms with Gasteiger partial charge in [0, 0.05) is 30.1 Å². The lowest BCUT2D eigenvalue weighted by Gasteiger charge is -2.15. The molecule has 4 nitrogen and oxygen atoms in total. The van der Waals surface area contributed by atoms with Gasteiger partial charge in [0.2, 0.25) is 0 Å². The van der Waals surface area contributed by atoms with E-state index in [2.05, 4.69) is 4.90 Å². The Labute approximate surface area is 120 Å². The summed E-state index contributed by atoms with van der Waals surface area (Å²) in [5, 5.41) is 10.7. The van der Waals surface area contributed by atoms with Crippen molar-refractivity contribution in [2.45, 2.75) is 13.1 Å². The molecule has 0 unspecified atom stereocenters. The lowest BCUT2D eigenvalue weighted by atomic mass is 10.2. The maximum atomic E-state index is 10.7. The van der Waals surface area contributed by atoms with Crippen LogP contribution in [0.3, 0.4) is 0 Å². The molecule has 2 aromatic rings. The summed E-state index contributed by atoms with van der Waals surface area (Å²) < 4.78 is 0.777. The number of nitrogens with zero attached hydrogens (tertiary/aromatic N) is 2. The second-order valence-corrected chi connectivity index (χ2v) is 6.10. The first-order valence-corrected chi connectivity index (χ1v) is 6.90. The first kappa shape index (κ1) is 14.0. The van der Waals surface area contributed by atoms with E-state index in [-0.39, 0.29) is 10.6 Å². The van der Waals surface area contributed by atoms with Gasteiger partial charge < -0.3 is 0 Å². The van der Waals surface area contributed by atoms with Crippen LogP contribution >= 0.6 is 22.9 Å². The van der Waals surface area contributed by atoms with E-state index >= 15 is 0 Å². The van der Waals surface area contributed by atoms with Crippen molar-refractivity contribution in [3.63, 3.8) is 0 Å². The van der Waals surface area contributed by atoms with E-state index in [4.69, 9.17) is 11.6 Å². The van der Waals surface area contributed by atoms with Crippen LogP contribution in [0.5, 0.6) is 0 Å². The molecule has 0 saturated heterocycles. The van der Waals surface area contributed by atoms with Crippen LogP contribution in [0, 0.1) is 10.1 Å². The largest absolute Gasteiger partial charge is 0.297 e. The van der Waals surface area contributed by atoms with Gasteiger partial charge in [-0.05, 0) is 24.7 Å². The molecule has 0 fully saturated rings. The Balaban J connectivity index is 2.00. The molecule has 6 heteroatoms. The lowest BCUT2D eigenvalue weighted by Crippen LogP contribution is -2.16. The van der Waals surface area contributed by atoms with E-state index in [0.717, 1.165) is 16.4 Å². The number of hydrogen-bond donors (Lipinski definition) is 0. The van der Waals surface area contributed by atoms with Crippen LogP contribution in [0.4, 0.5) is 5.69 Å². The zero-order valence-corrected chi connectivity index (χ0v) is 11.9. The summed E-state index contributed by atoms with van der Waals surface area (Å²) in [6, 6.07) is 10.6. The smallest absolute Gasteiger partial charge is 0.269 e. The number of hydrogen-bond acceptors (Lipinski definition) is 4. The quantitative estimate of drug-likeness (QED) is 0.620. The molecule has 0 amide bonds. The maximum Gasteiger partial charge on any atom is 0.269 e. The van der Waals surface area contributed by atoms with Gasteiger partial charge in [-0.15, -0.1) is 11.3 Å². The Morgan fingerprint density at radius 3 is 2.74 bits per heavy atom. The van der Waals surface area contributed by atoms with Gasteiger partial charge in [-0.1, -0.05) is 23.7 Å². The third-order valence-corrected chi connectivity index (χ3v) is 3.84. The first-order chi connectivity index (χ1) is 9.04. The predicted molar refractivity (Wildman–Crippen MR) is 77.6 cm³/mol. The molecule has 0 saturated carbocycles. The average Bonchev–Trinajstić information content (AvgIpc) is 2.74. The molecule has 0 radical (unpaired) electrons. The second-order valence-electron chi connectivity index (χ2n) is 4.31. The minimum absolute atomic E-state index is 0.130. The van der Waals surface area contributed by atoms with E-state index < -0.39 is 0 Å². The fraction of sp³-hybridized carbons (Fsp3) is 0.231. The Morgan fingerprint density at radius 2 is 2.11 bits per heavy atom. The Kier molecular flexibility index (Phi) is 4.52. The number of thiophene rings is 1. The maximum absolute atomic E-state index is 10.7. The number of non-ortho nitro benzene ring substituents is 1. The molecule has 0 aliphatic rings.